The summed E-state index contributed by atoms with van der Waals surface area (Å²) in [6, 6.07) is 30.2. The number of nitrogens with zero attached hydrogens (tertiary/aromatic N) is 2. The molecule has 0 spiro atoms. The maximum absolute atomic E-state index is 12.1. The molecule has 3 aromatic rings. The average Bonchev–Trinajstić information content (AvgIpc) is 2.89. The number of carbonyl (C=O) groups is 1. The maximum atomic E-state index is 12.1. The van der Waals surface area contributed by atoms with Crippen LogP contribution in [-0.4, -0.2) is 59.2 Å². The van der Waals surface area contributed by atoms with Crippen molar-refractivity contribution in [2.45, 2.75) is 62.3 Å². The molecular formula is C32H39N3O3S. The molecular weight excluding hydrogens is 506 g/mol. The minimum atomic E-state index is -0.475. The van der Waals surface area contributed by atoms with E-state index in [0.29, 0.717) is 0 Å². The lowest BCUT2D eigenvalue weighted by Crippen LogP contribution is -2.55. The Morgan fingerprint density at radius 1 is 0.897 bits per heavy atom. The molecule has 6 nitrogen and oxygen atoms in total. The Kier molecular flexibility index (Phi) is 8.80. The van der Waals surface area contributed by atoms with Crippen molar-refractivity contribution in [1.29, 1.82) is 0 Å². The van der Waals surface area contributed by atoms with Gasteiger partial charge in [0.15, 0.2) is 0 Å². The monoisotopic (exact) mass is 545 g/mol. The van der Waals surface area contributed by atoms with E-state index in [4.69, 9.17) is 9.47 Å². The number of likely N-dealkylation sites (tertiary alicyclic amines) is 1. The molecule has 0 aromatic heterocycles. The third-order valence-electron chi connectivity index (χ3n) is 6.99. The number of amides is 1. The fraction of sp³-hybridized carbons (Fsp3) is 0.406. The van der Waals surface area contributed by atoms with Crippen LogP contribution in [0.3, 0.4) is 0 Å². The van der Waals surface area contributed by atoms with E-state index in [1.807, 2.05) is 20.8 Å². The van der Waals surface area contributed by atoms with Crippen molar-refractivity contribution in [2.24, 2.45) is 0 Å². The van der Waals surface area contributed by atoms with Gasteiger partial charge in [-0.1, -0.05) is 66.7 Å². The van der Waals surface area contributed by atoms with Crippen LogP contribution in [-0.2, 0) is 4.74 Å². The predicted molar refractivity (Wildman–Crippen MR) is 157 cm³/mol. The minimum Gasteiger partial charge on any atom is -0.488 e. The summed E-state index contributed by atoms with van der Waals surface area (Å²) in [5.74, 6) is 0.919. The van der Waals surface area contributed by atoms with Crippen LogP contribution in [0.4, 0.5) is 4.79 Å². The van der Waals surface area contributed by atoms with Crippen LogP contribution in [0.25, 0.3) is 0 Å². The van der Waals surface area contributed by atoms with Crippen molar-refractivity contribution in [3.05, 3.63) is 96.1 Å². The summed E-state index contributed by atoms with van der Waals surface area (Å²) in [5.41, 5.74) is 2.15. The number of alkyl carbamates (subject to hydrolysis) is 1. The van der Waals surface area contributed by atoms with Crippen LogP contribution >= 0.6 is 11.9 Å². The van der Waals surface area contributed by atoms with E-state index in [0.717, 1.165) is 44.8 Å². The fourth-order valence-corrected chi connectivity index (χ4v) is 6.15. The lowest BCUT2D eigenvalue weighted by atomic mass is 9.94. The highest BCUT2D eigenvalue weighted by Gasteiger charge is 2.35. The minimum absolute atomic E-state index is 0.156. The van der Waals surface area contributed by atoms with Crippen molar-refractivity contribution in [2.75, 3.05) is 26.2 Å². The van der Waals surface area contributed by atoms with E-state index in [-0.39, 0.29) is 24.3 Å². The number of ether oxygens (including phenoxy) is 2. The smallest absolute Gasteiger partial charge is 0.407 e. The Bertz CT molecular complexity index is 1160. The Morgan fingerprint density at radius 2 is 1.51 bits per heavy atom. The van der Waals surface area contributed by atoms with Crippen molar-refractivity contribution < 1.29 is 14.3 Å². The lowest BCUT2D eigenvalue weighted by molar-refractivity contribution is 0.000173. The number of nitrogens with one attached hydrogen (secondary N) is 1. The molecule has 2 saturated heterocycles. The highest BCUT2D eigenvalue weighted by atomic mass is 32.2. The van der Waals surface area contributed by atoms with Gasteiger partial charge in [-0.2, -0.15) is 0 Å². The topological polar surface area (TPSA) is 54.0 Å². The van der Waals surface area contributed by atoms with Gasteiger partial charge < -0.3 is 14.8 Å². The number of hydrogen-bond donors (Lipinski definition) is 1. The molecule has 0 saturated carbocycles. The summed E-state index contributed by atoms with van der Waals surface area (Å²) in [5, 5.41) is 3.01. The second kappa shape index (κ2) is 12.5. The first kappa shape index (κ1) is 27.6. The Hall–Kier alpha value is -3.00. The Labute approximate surface area is 236 Å². The van der Waals surface area contributed by atoms with E-state index in [1.54, 1.807) is 11.9 Å². The number of carbonyl (C=O) groups excluding carboxylic acids is 1. The molecule has 7 heteroatoms. The molecule has 3 aromatic carbocycles. The van der Waals surface area contributed by atoms with E-state index in [2.05, 4.69) is 99.5 Å². The molecule has 0 bridgehead atoms. The summed E-state index contributed by atoms with van der Waals surface area (Å²) in [7, 11) is 0. The average molecular weight is 546 g/mol. The zero-order valence-corrected chi connectivity index (χ0v) is 23.9. The van der Waals surface area contributed by atoms with E-state index >= 15 is 0 Å². The molecule has 39 heavy (non-hydrogen) atoms. The first-order valence-electron chi connectivity index (χ1n) is 13.9. The molecule has 0 radical (unpaired) electrons. The van der Waals surface area contributed by atoms with Crippen LogP contribution < -0.4 is 10.1 Å². The van der Waals surface area contributed by atoms with Crippen LogP contribution in [0, 0.1) is 0 Å². The van der Waals surface area contributed by atoms with E-state index in [1.165, 1.54) is 16.0 Å². The van der Waals surface area contributed by atoms with Gasteiger partial charge in [-0.25, -0.2) is 9.10 Å². The van der Waals surface area contributed by atoms with Crippen molar-refractivity contribution >= 4 is 18.0 Å². The normalized spacial score (nSPS) is 17.5. The zero-order valence-electron chi connectivity index (χ0n) is 23.1. The molecule has 206 valence electrons. The standard InChI is InChI=1S/C32H39N3O3S/c1-32(2,3)38-31(36)33-26-17-19-35(20-18-26)39-29-16-10-15-27(21-29)37-28-22-34(23-28)30(24-11-6-4-7-12-24)25-13-8-5-9-14-25/h4-16,21,26,28,30H,17-20,22-23H2,1-3H3,(H,33,36). The van der Waals surface area contributed by atoms with Crippen LogP contribution in [0.1, 0.15) is 50.8 Å². The van der Waals surface area contributed by atoms with Gasteiger partial charge in [-0.15, -0.1) is 0 Å². The molecule has 2 aliphatic rings. The van der Waals surface area contributed by atoms with Crippen molar-refractivity contribution in [3.63, 3.8) is 0 Å². The van der Waals surface area contributed by atoms with Crippen LogP contribution in [0.2, 0.25) is 0 Å². The van der Waals surface area contributed by atoms with Gasteiger partial charge in [0, 0.05) is 37.1 Å². The number of rotatable bonds is 8. The molecule has 2 fully saturated rings. The molecule has 0 unspecified atom stereocenters. The van der Waals surface area contributed by atoms with Crippen molar-refractivity contribution in [3.8, 4) is 5.75 Å². The SMILES string of the molecule is CC(C)(C)OC(=O)NC1CCN(Sc2cccc(OC3CN(C(c4ccccc4)c4ccccc4)C3)c2)CC1. The first-order chi connectivity index (χ1) is 18.8. The van der Waals surface area contributed by atoms with Gasteiger partial charge in [-0.05, 0) is 74.9 Å². The predicted octanol–water partition coefficient (Wildman–Crippen LogP) is 6.54. The second-order valence-corrected chi connectivity index (χ2v) is 12.5. The summed E-state index contributed by atoms with van der Waals surface area (Å²) >= 11 is 1.76. The molecule has 5 rings (SSSR count). The zero-order chi connectivity index (χ0) is 27.2. The largest absolute Gasteiger partial charge is 0.488 e. The summed E-state index contributed by atoms with van der Waals surface area (Å²) in [6.45, 7) is 9.26. The van der Waals surface area contributed by atoms with Gasteiger partial charge in [0.25, 0.3) is 0 Å². The van der Waals surface area contributed by atoms with Crippen LogP contribution in [0.15, 0.2) is 89.8 Å². The third kappa shape index (κ3) is 7.78. The molecule has 2 aliphatic heterocycles. The number of piperidine rings is 1. The maximum Gasteiger partial charge on any atom is 0.407 e. The van der Waals surface area contributed by atoms with E-state index < -0.39 is 5.60 Å². The molecule has 1 amide bonds. The van der Waals surface area contributed by atoms with Crippen molar-refractivity contribution in [1.82, 2.24) is 14.5 Å². The Balaban J connectivity index is 1.11. The third-order valence-corrected chi connectivity index (χ3v) is 8.08. The second-order valence-electron chi connectivity index (χ2n) is 11.3. The molecule has 0 aliphatic carbocycles. The Morgan fingerprint density at radius 3 is 2.10 bits per heavy atom. The van der Waals surface area contributed by atoms with Gasteiger partial charge in [0.2, 0.25) is 0 Å². The van der Waals surface area contributed by atoms with Crippen LogP contribution in [0.5, 0.6) is 5.75 Å². The highest BCUT2D eigenvalue weighted by Crippen LogP contribution is 2.34. The first-order valence-corrected chi connectivity index (χ1v) is 14.6. The number of hydrogen-bond acceptors (Lipinski definition) is 6. The van der Waals surface area contributed by atoms with E-state index in [9.17, 15) is 4.79 Å². The highest BCUT2D eigenvalue weighted by molar-refractivity contribution is 7.97. The summed E-state index contributed by atoms with van der Waals surface area (Å²) in [4.78, 5) is 15.8. The van der Waals surface area contributed by atoms with Gasteiger partial charge in [0.05, 0.1) is 6.04 Å². The molecule has 1 N–H and O–H groups in total. The fourth-order valence-electron chi connectivity index (χ4n) is 5.15. The van der Waals surface area contributed by atoms with Gasteiger partial charge >= 0.3 is 6.09 Å². The van der Waals surface area contributed by atoms with Gasteiger partial charge in [0.1, 0.15) is 17.5 Å². The summed E-state index contributed by atoms with van der Waals surface area (Å²) < 4.78 is 14.2. The van der Waals surface area contributed by atoms with Gasteiger partial charge in [-0.3, -0.25) is 4.90 Å². The quantitative estimate of drug-likeness (QED) is 0.325. The lowest BCUT2D eigenvalue weighted by Gasteiger charge is -2.44. The number of benzene rings is 3. The summed E-state index contributed by atoms with van der Waals surface area (Å²) in [6.07, 6.45) is 1.66. The molecule has 2 heterocycles. The molecule has 0 atom stereocenters.